The largest absolute Gasteiger partial charge is 0.290 e. The Bertz CT molecular complexity index is 635. The lowest BCUT2D eigenvalue weighted by molar-refractivity contribution is 1.06. The maximum absolute atomic E-state index is 4.50. The molecule has 1 heterocycles. The number of aliphatic imine (C=N–C) groups is 2. The summed E-state index contributed by atoms with van der Waals surface area (Å²) in [5, 5.41) is 1.95. The normalized spacial score (nSPS) is 11.1. The quantitative estimate of drug-likeness (QED) is 0.570. The molecule has 3 nitrogen and oxygen atoms in total. The van der Waals surface area contributed by atoms with Gasteiger partial charge >= 0.3 is 0 Å². The third-order valence-corrected chi connectivity index (χ3v) is 3.63. The molecule has 2 rings (SSSR count). The third kappa shape index (κ3) is 4.39. The Kier molecular flexibility index (Phi) is 5.91. The first kappa shape index (κ1) is 15.2. The predicted molar refractivity (Wildman–Crippen MR) is 93.0 cm³/mol. The SMILES string of the molecule is C=NCS/C=C(\N=C)c1cccnc1Cc1ccccc1. The van der Waals surface area contributed by atoms with Crippen molar-refractivity contribution in [1.29, 1.82) is 0 Å². The number of nitrogens with zero attached hydrogens (tertiary/aromatic N) is 3. The summed E-state index contributed by atoms with van der Waals surface area (Å²) in [6.45, 7) is 7.13. The first-order valence-electron chi connectivity index (χ1n) is 6.54. The van der Waals surface area contributed by atoms with Crippen molar-refractivity contribution in [3.8, 4) is 0 Å². The zero-order valence-electron chi connectivity index (χ0n) is 11.8. The number of rotatable bonds is 7. The van der Waals surface area contributed by atoms with Crippen LogP contribution in [0.15, 0.2) is 64.1 Å². The molecular weight excluding hydrogens is 278 g/mol. The summed E-state index contributed by atoms with van der Waals surface area (Å²) in [6.07, 6.45) is 2.58. The molecule has 0 fully saturated rings. The van der Waals surface area contributed by atoms with Crippen LogP contribution in [0, 0.1) is 0 Å². The molecule has 0 radical (unpaired) electrons. The van der Waals surface area contributed by atoms with E-state index >= 15 is 0 Å². The second-order valence-corrected chi connectivity index (χ2v) is 5.17. The van der Waals surface area contributed by atoms with Gasteiger partial charge in [0, 0.05) is 18.2 Å². The van der Waals surface area contributed by atoms with Crippen LogP contribution in [0.4, 0.5) is 0 Å². The number of benzene rings is 1. The van der Waals surface area contributed by atoms with Crippen LogP contribution in [-0.2, 0) is 6.42 Å². The summed E-state index contributed by atoms with van der Waals surface area (Å²) in [5.74, 6) is 0.604. The Morgan fingerprint density at radius 2 is 1.95 bits per heavy atom. The molecule has 21 heavy (non-hydrogen) atoms. The second kappa shape index (κ2) is 8.17. The number of pyridine rings is 1. The molecule has 0 aliphatic carbocycles. The highest BCUT2D eigenvalue weighted by Crippen LogP contribution is 2.23. The minimum Gasteiger partial charge on any atom is -0.290 e. The lowest BCUT2D eigenvalue weighted by Crippen LogP contribution is -1.97. The fourth-order valence-electron chi connectivity index (χ4n) is 1.96. The Morgan fingerprint density at radius 1 is 1.14 bits per heavy atom. The fourth-order valence-corrected chi connectivity index (χ4v) is 2.50. The predicted octanol–water partition coefficient (Wildman–Crippen LogP) is 4.06. The topological polar surface area (TPSA) is 37.6 Å². The van der Waals surface area contributed by atoms with Gasteiger partial charge in [-0.3, -0.25) is 15.0 Å². The van der Waals surface area contributed by atoms with E-state index in [1.54, 1.807) is 18.0 Å². The van der Waals surface area contributed by atoms with E-state index in [-0.39, 0.29) is 0 Å². The van der Waals surface area contributed by atoms with Crippen LogP contribution in [0.3, 0.4) is 0 Å². The Labute approximate surface area is 129 Å². The summed E-state index contributed by atoms with van der Waals surface area (Å²) in [7, 11) is 0. The van der Waals surface area contributed by atoms with Crippen LogP contribution >= 0.6 is 11.8 Å². The van der Waals surface area contributed by atoms with Gasteiger partial charge in [0.15, 0.2) is 0 Å². The maximum Gasteiger partial charge on any atom is 0.0877 e. The molecule has 2 aromatic rings. The molecule has 0 bridgehead atoms. The molecular formula is C17H17N3S. The molecule has 1 aromatic heterocycles. The van der Waals surface area contributed by atoms with Crippen LogP contribution in [0.25, 0.3) is 5.70 Å². The van der Waals surface area contributed by atoms with Gasteiger partial charge in [-0.1, -0.05) is 30.3 Å². The zero-order chi connectivity index (χ0) is 14.9. The van der Waals surface area contributed by atoms with Crippen molar-refractivity contribution in [2.75, 3.05) is 5.88 Å². The van der Waals surface area contributed by atoms with E-state index < -0.39 is 0 Å². The van der Waals surface area contributed by atoms with Crippen molar-refractivity contribution in [1.82, 2.24) is 4.98 Å². The molecule has 0 saturated heterocycles. The molecule has 4 heteroatoms. The van der Waals surface area contributed by atoms with Crippen molar-refractivity contribution >= 4 is 30.9 Å². The van der Waals surface area contributed by atoms with E-state index in [1.165, 1.54) is 5.56 Å². The van der Waals surface area contributed by atoms with E-state index in [2.05, 4.69) is 40.5 Å². The standard InChI is InChI=1S/C17H17N3S/c1-18-13-21-12-17(19-2)15-9-6-10-20-16(15)11-14-7-4-3-5-8-14/h3-10,12H,1-2,11,13H2/b17-12-. The molecule has 0 unspecified atom stereocenters. The van der Waals surface area contributed by atoms with Crippen molar-refractivity contribution < 1.29 is 0 Å². The lowest BCUT2D eigenvalue weighted by Gasteiger charge is -2.09. The van der Waals surface area contributed by atoms with Crippen molar-refractivity contribution in [3.05, 3.63) is 70.9 Å². The molecule has 0 N–H and O–H groups in total. The van der Waals surface area contributed by atoms with Gasteiger partial charge in [0.25, 0.3) is 0 Å². The lowest BCUT2D eigenvalue weighted by atomic mass is 10.0. The molecule has 0 saturated carbocycles. The zero-order valence-corrected chi connectivity index (χ0v) is 12.6. The molecule has 0 atom stereocenters. The highest BCUT2D eigenvalue weighted by molar-refractivity contribution is 8.02. The number of aromatic nitrogens is 1. The van der Waals surface area contributed by atoms with E-state index in [1.807, 2.05) is 35.7 Å². The van der Waals surface area contributed by atoms with E-state index in [9.17, 15) is 0 Å². The highest BCUT2D eigenvalue weighted by atomic mass is 32.2. The van der Waals surface area contributed by atoms with Gasteiger partial charge in [0.2, 0.25) is 0 Å². The average Bonchev–Trinajstić information content (AvgIpc) is 2.54. The van der Waals surface area contributed by atoms with E-state index in [0.717, 1.165) is 23.4 Å². The third-order valence-electron chi connectivity index (χ3n) is 2.91. The Morgan fingerprint density at radius 3 is 2.67 bits per heavy atom. The van der Waals surface area contributed by atoms with E-state index in [4.69, 9.17) is 0 Å². The van der Waals surface area contributed by atoms with Gasteiger partial charge in [-0.2, -0.15) is 0 Å². The number of hydrogen-bond acceptors (Lipinski definition) is 4. The molecule has 106 valence electrons. The summed E-state index contributed by atoms with van der Waals surface area (Å²) >= 11 is 1.54. The Hall–Kier alpha value is -2.20. The van der Waals surface area contributed by atoms with Gasteiger partial charge < -0.3 is 0 Å². The van der Waals surface area contributed by atoms with Gasteiger partial charge in [-0.25, -0.2) is 0 Å². The smallest absolute Gasteiger partial charge is 0.0877 e. The summed E-state index contributed by atoms with van der Waals surface area (Å²) in [6, 6.07) is 14.2. The van der Waals surface area contributed by atoms with Gasteiger partial charge in [0.1, 0.15) is 0 Å². The van der Waals surface area contributed by atoms with Gasteiger partial charge in [-0.15, -0.1) is 11.8 Å². The van der Waals surface area contributed by atoms with Gasteiger partial charge in [-0.05, 0) is 36.5 Å². The minimum atomic E-state index is 0.604. The number of thioether (sulfide) groups is 1. The monoisotopic (exact) mass is 295 g/mol. The average molecular weight is 295 g/mol. The minimum absolute atomic E-state index is 0.604. The first-order valence-corrected chi connectivity index (χ1v) is 7.59. The van der Waals surface area contributed by atoms with Gasteiger partial charge in [0.05, 0.1) is 17.3 Å². The molecule has 0 spiro atoms. The highest BCUT2D eigenvalue weighted by Gasteiger charge is 2.08. The van der Waals surface area contributed by atoms with Crippen LogP contribution in [-0.4, -0.2) is 24.3 Å². The summed E-state index contributed by atoms with van der Waals surface area (Å²) in [4.78, 5) is 12.4. The van der Waals surface area contributed by atoms with Crippen LogP contribution < -0.4 is 0 Å². The molecule has 1 aromatic carbocycles. The number of hydrogen-bond donors (Lipinski definition) is 0. The van der Waals surface area contributed by atoms with Crippen molar-refractivity contribution in [2.24, 2.45) is 9.98 Å². The van der Waals surface area contributed by atoms with Crippen LogP contribution in [0.5, 0.6) is 0 Å². The molecule has 0 aliphatic heterocycles. The van der Waals surface area contributed by atoms with E-state index in [0.29, 0.717) is 5.88 Å². The second-order valence-electron chi connectivity index (χ2n) is 4.34. The summed E-state index contributed by atoms with van der Waals surface area (Å²) < 4.78 is 0. The maximum atomic E-state index is 4.50. The summed E-state index contributed by atoms with van der Waals surface area (Å²) in [5.41, 5.74) is 4.05. The molecule has 0 aliphatic rings. The fraction of sp³-hybridized carbons (Fsp3) is 0.118. The van der Waals surface area contributed by atoms with Crippen molar-refractivity contribution in [3.63, 3.8) is 0 Å². The Balaban J connectivity index is 2.29. The molecule has 0 amide bonds. The first-order chi connectivity index (χ1) is 10.3. The van der Waals surface area contributed by atoms with Crippen LogP contribution in [0.1, 0.15) is 16.8 Å². The van der Waals surface area contributed by atoms with Crippen LogP contribution in [0.2, 0.25) is 0 Å². The van der Waals surface area contributed by atoms with Crippen molar-refractivity contribution in [2.45, 2.75) is 6.42 Å².